The lowest BCUT2D eigenvalue weighted by molar-refractivity contribution is -0.136. The minimum atomic E-state index is -0.726. The van der Waals surface area contributed by atoms with Crippen LogP contribution in [0.3, 0.4) is 0 Å². The minimum absolute atomic E-state index is 0.0313. The van der Waals surface area contributed by atoms with Gasteiger partial charge in [-0.2, -0.15) is 0 Å². The molecule has 2 aliphatic rings. The maximum atomic E-state index is 12.7. The van der Waals surface area contributed by atoms with Crippen LogP contribution in [0.25, 0.3) is 0 Å². The van der Waals surface area contributed by atoms with Crippen molar-refractivity contribution in [2.24, 2.45) is 0 Å². The number of rotatable bonds is 7. The maximum absolute atomic E-state index is 12.7. The molecule has 8 heteroatoms. The Bertz CT molecular complexity index is 1040. The molecule has 1 atom stereocenters. The topological polar surface area (TPSA) is 83.1 Å². The molecule has 1 saturated heterocycles. The second-order valence-electron chi connectivity index (χ2n) is 8.90. The number of likely N-dealkylation sites (tertiary alicyclic amines) is 1. The molecule has 1 fully saturated rings. The van der Waals surface area contributed by atoms with Crippen molar-refractivity contribution in [2.75, 3.05) is 57.7 Å². The van der Waals surface area contributed by atoms with E-state index in [1.165, 1.54) is 30.3 Å². The SMILES string of the molecule is COc1ccc(NC(=O)C(=O)NC[C@@H](c2ccc3c(c2)CCN3C)N2CCCCC2)c(OC)c1. The van der Waals surface area contributed by atoms with E-state index in [2.05, 4.69) is 45.7 Å². The summed E-state index contributed by atoms with van der Waals surface area (Å²) in [7, 11) is 5.17. The number of carbonyl (C=O) groups is 2. The second-order valence-corrected chi connectivity index (χ2v) is 8.90. The molecule has 8 nitrogen and oxygen atoms in total. The van der Waals surface area contributed by atoms with Gasteiger partial charge >= 0.3 is 11.8 Å². The summed E-state index contributed by atoms with van der Waals surface area (Å²) in [4.78, 5) is 30.0. The van der Waals surface area contributed by atoms with E-state index in [9.17, 15) is 9.59 Å². The van der Waals surface area contributed by atoms with Gasteiger partial charge in [-0.05, 0) is 61.7 Å². The van der Waals surface area contributed by atoms with Gasteiger partial charge < -0.3 is 25.0 Å². The van der Waals surface area contributed by atoms with Crippen LogP contribution in [-0.2, 0) is 16.0 Å². The van der Waals surface area contributed by atoms with Gasteiger partial charge in [0, 0.05) is 31.9 Å². The van der Waals surface area contributed by atoms with Crippen molar-refractivity contribution in [1.29, 1.82) is 0 Å². The highest BCUT2D eigenvalue weighted by Crippen LogP contribution is 2.32. The molecule has 2 N–H and O–H groups in total. The number of likely N-dealkylation sites (N-methyl/N-ethyl adjacent to an activating group) is 1. The van der Waals surface area contributed by atoms with Crippen LogP contribution in [0.4, 0.5) is 11.4 Å². The van der Waals surface area contributed by atoms with Crippen LogP contribution in [0, 0.1) is 0 Å². The predicted molar refractivity (Wildman–Crippen MR) is 133 cm³/mol. The number of anilines is 2. The first kappa shape index (κ1) is 23.9. The molecule has 2 amide bonds. The number of hydrogen-bond acceptors (Lipinski definition) is 6. The number of piperidine rings is 1. The van der Waals surface area contributed by atoms with Crippen LogP contribution in [0.2, 0.25) is 0 Å². The van der Waals surface area contributed by atoms with E-state index < -0.39 is 11.8 Å². The summed E-state index contributed by atoms with van der Waals surface area (Å²) < 4.78 is 10.5. The Balaban J connectivity index is 1.45. The summed E-state index contributed by atoms with van der Waals surface area (Å²) >= 11 is 0. The van der Waals surface area contributed by atoms with Crippen LogP contribution < -0.4 is 25.0 Å². The van der Waals surface area contributed by atoms with Crippen molar-refractivity contribution in [2.45, 2.75) is 31.7 Å². The van der Waals surface area contributed by atoms with Crippen LogP contribution in [0.1, 0.15) is 36.4 Å². The molecule has 0 saturated carbocycles. The van der Waals surface area contributed by atoms with E-state index in [-0.39, 0.29) is 6.04 Å². The number of fused-ring (bicyclic) bond motifs is 1. The van der Waals surface area contributed by atoms with Crippen molar-refractivity contribution < 1.29 is 19.1 Å². The molecule has 0 unspecified atom stereocenters. The van der Waals surface area contributed by atoms with Crippen LogP contribution in [0.5, 0.6) is 11.5 Å². The van der Waals surface area contributed by atoms with Gasteiger partial charge in [0.2, 0.25) is 0 Å². The lowest BCUT2D eigenvalue weighted by atomic mass is 9.98. The molecular formula is C26H34N4O4. The summed E-state index contributed by atoms with van der Waals surface area (Å²) in [5.41, 5.74) is 4.22. The highest BCUT2D eigenvalue weighted by molar-refractivity contribution is 6.39. The van der Waals surface area contributed by atoms with Gasteiger partial charge in [-0.15, -0.1) is 0 Å². The largest absolute Gasteiger partial charge is 0.497 e. The summed E-state index contributed by atoms with van der Waals surface area (Å²) in [6.07, 6.45) is 4.56. The highest BCUT2D eigenvalue weighted by Gasteiger charge is 2.26. The monoisotopic (exact) mass is 466 g/mol. The molecule has 182 valence electrons. The number of carbonyl (C=O) groups excluding carboxylic acids is 2. The molecule has 2 aromatic rings. The summed E-state index contributed by atoms with van der Waals surface area (Å²) in [6, 6.07) is 11.7. The molecule has 0 aromatic heterocycles. The number of benzene rings is 2. The van der Waals surface area contributed by atoms with E-state index in [1.807, 2.05) is 0 Å². The Hall–Kier alpha value is -3.26. The molecule has 2 aliphatic heterocycles. The molecule has 0 aliphatic carbocycles. The predicted octanol–water partition coefficient (Wildman–Crippen LogP) is 2.98. The zero-order valence-electron chi connectivity index (χ0n) is 20.2. The quantitative estimate of drug-likeness (QED) is 0.611. The van der Waals surface area contributed by atoms with Crippen LogP contribution >= 0.6 is 0 Å². The first-order valence-electron chi connectivity index (χ1n) is 11.9. The average molecular weight is 467 g/mol. The molecule has 0 radical (unpaired) electrons. The number of methoxy groups -OCH3 is 2. The zero-order chi connectivity index (χ0) is 24.1. The summed E-state index contributed by atoms with van der Waals surface area (Å²) in [6.45, 7) is 3.39. The lowest BCUT2D eigenvalue weighted by Gasteiger charge is -2.35. The Labute approximate surface area is 201 Å². The molecule has 2 aromatic carbocycles. The van der Waals surface area contributed by atoms with E-state index in [1.54, 1.807) is 25.3 Å². The molecule has 0 bridgehead atoms. The molecular weight excluding hydrogens is 432 g/mol. The van der Waals surface area contributed by atoms with Gasteiger partial charge in [0.25, 0.3) is 0 Å². The molecule has 2 heterocycles. The lowest BCUT2D eigenvalue weighted by Crippen LogP contribution is -2.43. The smallest absolute Gasteiger partial charge is 0.313 e. The van der Waals surface area contributed by atoms with E-state index in [4.69, 9.17) is 9.47 Å². The van der Waals surface area contributed by atoms with Crippen molar-refractivity contribution >= 4 is 23.2 Å². The Morgan fingerprint density at radius 3 is 2.50 bits per heavy atom. The van der Waals surface area contributed by atoms with Gasteiger partial charge in [-0.25, -0.2) is 0 Å². The number of hydrogen-bond donors (Lipinski definition) is 2. The van der Waals surface area contributed by atoms with Crippen molar-refractivity contribution in [3.8, 4) is 11.5 Å². The van der Waals surface area contributed by atoms with Gasteiger partial charge in [0.1, 0.15) is 11.5 Å². The second kappa shape index (κ2) is 10.8. The van der Waals surface area contributed by atoms with Gasteiger partial charge in [0.05, 0.1) is 25.9 Å². The number of nitrogens with zero attached hydrogens (tertiary/aromatic N) is 2. The van der Waals surface area contributed by atoms with E-state index in [0.717, 1.165) is 38.9 Å². The van der Waals surface area contributed by atoms with Gasteiger partial charge in [-0.3, -0.25) is 14.5 Å². The zero-order valence-corrected chi connectivity index (χ0v) is 20.2. The van der Waals surface area contributed by atoms with E-state index >= 15 is 0 Å². The fourth-order valence-electron chi connectivity index (χ4n) is 4.83. The van der Waals surface area contributed by atoms with Crippen molar-refractivity contribution in [3.05, 3.63) is 47.5 Å². The van der Waals surface area contributed by atoms with Crippen LogP contribution in [-0.4, -0.2) is 64.2 Å². The summed E-state index contributed by atoms with van der Waals surface area (Å²) in [5.74, 6) is -0.365. The van der Waals surface area contributed by atoms with Crippen LogP contribution in [0.15, 0.2) is 36.4 Å². The Morgan fingerprint density at radius 2 is 1.76 bits per heavy atom. The number of amides is 2. The van der Waals surface area contributed by atoms with Crippen molar-refractivity contribution in [3.63, 3.8) is 0 Å². The summed E-state index contributed by atoms with van der Waals surface area (Å²) in [5, 5.41) is 5.51. The third kappa shape index (κ3) is 5.28. The average Bonchev–Trinajstić information content (AvgIpc) is 3.24. The third-order valence-corrected chi connectivity index (χ3v) is 6.77. The number of ether oxygens (including phenoxy) is 2. The highest BCUT2D eigenvalue weighted by atomic mass is 16.5. The minimum Gasteiger partial charge on any atom is -0.497 e. The molecule has 0 spiro atoms. The van der Waals surface area contributed by atoms with Crippen molar-refractivity contribution in [1.82, 2.24) is 10.2 Å². The normalized spacial score (nSPS) is 16.5. The van der Waals surface area contributed by atoms with Gasteiger partial charge in [-0.1, -0.05) is 18.6 Å². The fraction of sp³-hybridized carbons (Fsp3) is 0.462. The Morgan fingerprint density at radius 1 is 0.971 bits per heavy atom. The molecule has 34 heavy (non-hydrogen) atoms. The standard InChI is InChI=1S/C26H34N4O4/c1-29-14-11-19-15-18(7-10-22(19)29)23(30-12-5-4-6-13-30)17-27-25(31)26(32)28-21-9-8-20(33-2)16-24(21)34-3/h7-10,15-16,23H,4-6,11-14,17H2,1-3H3,(H,27,31)(H,28,32)/t23-/m0/s1. The third-order valence-electron chi connectivity index (χ3n) is 6.77. The first-order chi connectivity index (χ1) is 16.5. The molecule has 4 rings (SSSR count). The Kier molecular flexibility index (Phi) is 7.57. The first-order valence-corrected chi connectivity index (χ1v) is 11.9. The van der Waals surface area contributed by atoms with E-state index in [0.29, 0.717) is 23.7 Å². The van der Waals surface area contributed by atoms with Gasteiger partial charge in [0.15, 0.2) is 0 Å². The number of nitrogens with one attached hydrogen (secondary N) is 2. The maximum Gasteiger partial charge on any atom is 0.313 e. The fourth-order valence-corrected chi connectivity index (χ4v) is 4.83.